The van der Waals surface area contributed by atoms with Crippen LogP contribution >= 0.6 is 24.0 Å². The van der Waals surface area contributed by atoms with Crippen molar-refractivity contribution >= 4 is 35.6 Å². The molecule has 0 radical (unpaired) electrons. The predicted molar refractivity (Wildman–Crippen MR) is 120 cm³/mol. The zero-order valence-corrected chi connectivity index (χ0v) is 18.9. The van der Waals surface area contributed by atoms with Crippen molar-refractivity contribution in [2.24, 2.45) is 4.99 Å². The Morgan fingerprint density at radius 3 is 2.59 bits per heavy atom. The van der Waals surface area contributed by atoms with Crippen LogP contribution in [-0.2, 0) is 5.60 Å². The number of rotatable bonds is 5. The Balaban J connectivity index is 0.00000300. The predicted octanol–water partition coefficient (Wildman–Crippen LogP) is 3.17. The fraction of sp³-hybridized carbons (Fsp3) is 0.450. The summed E-state index contributed by atoms with van der Waals surface area (Å²) in [6.07, 6.45) is 1.52. The summed E-state index contributed by atoms with van der Waals surface area (Å²) in [6, 6.07) is 6.94. The number of aliphatic hydroxyl groups is 1. The average Bonchev–Trinajstić information content (AvgIpc) is 3.23. The molecule has 6 nitrogen and oxygen atoms in total. The molecular formula is C20H27F2IN4O2. The molecule has 1 atom stereocenters. The number of aliphatic imine (C=N–C) groups is 1. The summed E-state index contributed by atoms with van der Waals surface area (Å²) in [7, 11) is 0. The van der Waals surface area contributed by atoms with E-state index in [2.05, 4.69) is 15.2 Å². The molecule has 0 bridgehead atoms. The van der Waals surface area contributed by atoms with Crippen molar-refractivity contribution < 1.29 is 18.3 Å². The average molecular weight is 520 g/mol. The number of hydrogen-bond acceptors (Lipinski definition) is 4. The minimum absolute atomic E-state index is 0. The summed E-state index contributed by atoms with van der Waals surface area (Å²) in [5.74, 6) is 0.256. The highest BCUT2D eigenvalue weighted by Gasteiger charge is 2.27. The van der Waals surface area contributed by atoms with E-state index in [9.17, 15) is 13.9 Å². The first-order valence-corrected chi connectivity index (χ1v) is 9.40. The molecule has 9 heteroatoms. The van der Waals surface area contributed by atoms with Crippen LogP contribution in [0, 0.1) is 11.6 Å². The van der Waals surface area contributed by atoms with Crippen molar-refractivity contribution in [3.05, 3.63) is 54.0 Å². The van der Waals surface area contributed by atoms with Gasteiger partial charge >= 0.3 is 0 Å². The number of furan rings is 1. The Bertz CT molecular complexity index is 807. The molecule has 1 aromatic carbocycles. The van der Waals surface area contributed by atoms with Gasteiger partial charge in [-0.3, -0.25) is 0 Å². The molecule has 1 unspecified atom stereocenters. The molecule has 2 heterocycles. The van der Waals surface area contributed by atoms with Crippen molar-refractivity contribution in [2.75, 3.05) is 44.2 Å². The van der Waals surface area contributed by atoms with Crippen molar-refractivity contribution in [3.8, 4) is 0 Å². The molecule has 1 fully saturated rings. The summed E-state index contributed by atoms with van der Waals surface area (Å²) >= 11 is 0. The van der Waals surface area contributed by atoms with Gasteiger partial charge in [0.1, 0.15) is 23.0 Å². The normalized spacial score (nSPS) is 16.9. The summed E-state index contributed by atoms with van der Waals surface area (Å²) in [4.78, 5) is 8.44. The molecular weight excluding hydrogens is 493 g/mol. The summed E-state index contributed by atoms with van der Waals surface area (Å²) in [5, 5.41) is 13.8. The highest BCUT2D eigenvalue weighted by Crippen LogP contribution is 2.23. The Hall–Kier alpha value is -1.88. The molecule has 0 amide bonds. The van der Waals surface area contributed by atoms with Gasteiger partial charge in [-0.25, -0.2) is 13.8 Å². The lowest BCUT2D eigenvalue weighted by molar-refractivity contribution is 0.0434. The molecule has 3 rings (SSSR count). The summed E-state index contributed by atoms with van der Waals surface area (Å²) in [6.45, 7) is 6.73. The topological polar surface area (TPSA) is 64.2 Å². The second-order valence-corrected chi connectivity index (χ2v) is 6.99. The van der Waals surface area contributed by atoms with Gasteiger partial charge < -0.3 is 24.6 Å². The van der Waals surface area contributed by atoms with E-state index in [0.717, 1.165) is 12.1 Å². The van der Waals surface area contributed by atoms with Gasteiger partial charge in [0.25, 0.3) is 0 Å². The maximum atomic E-state index is 14.0. The first-order valence-electron chi connectivity index (χ1n) is 9.40. The second-order valence-electron chi connectivity index (χ2n) is 6.99. The van der Waals surface area contributed by atoms with Gasteiger partial charge in [-0.05, 0) is 38.1 Å². The first kappa shape index (κ1) is 23.4. The Morgan fingerprint density at radius 1 is 1.24 bits per heavy atom. The number of guanidine groups is 1. The fourth-order valence-corrected chi connectivity index (χ4v) is 3.20. The van der Waals surface area contributed by atoms with E-state index >= 15 is 0 Å². The quantitative estimate of drug-likeness (QED) is 0.361. The highest BCUT2D eigenvalue weighted by molar-refractivity contribution is 14.0. The van der Waals surface area contributed by atoms with E-state index in [4.69, 9.17) is 4.42 Å². The van der Waals surface area contributed by atoms with Crippen LogP contribution in [0.4, 0.5) is 14.5 Å². The van der Waals surface area contributed by atoms with Gasteiger partial charge in [0.2, 0.25) is 0 Å². The third-order valence-electron chi connectivity index (χ3n) is 4.75. The van der Waals surface area contributed by atoms with Crippen molar-refractivity contribution in [3.63, 3.8) is 0 Å². The van der Waals surface area contributed by atoms with Crippen LogP contribution in [0.3, 0.4) is 0 Å². The van der Waals surface area contributed by atoms with Crippen LogP contribution in [0.2, 0.25) is 0 Å². The maximum Gasteiger partial charge on any atom is 0.194 e. The van der Waals surface area contributed by atoms with Crippen LogP contribution in [0.15, 0.2) is 46.0 Å². The lowest BCUT2D eigenvalue weighted by Gasteiger charge is -2.38. The minimum atomic E-state index is -1.21. The third-order valence-corrected chi connectivity index (χ3v) is 4.75. The van der Waals surface area contributed by atoms with Gasteiger partial charge in [-0.1, -0.05) is 0 Å². The van der Waals surface area contributed by atoms with Gasteiger partial charge in [0.15, 0.2) is 5.96 Å². The molecule has 1 aliphatic rings. The number of piperazine rings is 1. The molecule has 29 heavy (non-hydrogen) atoms. The van der Waals surface area contributed by atoms with E-state index in [0.29, 0.717) is 44.4 Å². The lowest BCUT2D eigenvalue weighted by Crippen LogP contribution is -2.53. The van der Waals surface area contributed by atoms with Crippen LogP contribution in [0.25, 0.3) is 0 Å². The van der Waals surface area contributed by atoms with Gasteiger partial charge in [0, 0.05) is 38.8 Å². The van der Waals surface area contributed by atoms with Crippen LogP contribution in [0.1, 0.15) is 19.6 Å². The number of anilines is 1. The number of benzene rings is 1. The van der Waals surface area contributed by atoms with Crippen LogP contribution < -0.4 is 10.2 Å². The lowest BCUT2D eigenvalue weighted by atomic mass is 10.0. The van der Waals surface area contributed by atoms with Crippen LogP contribution in [-0.4, -0.2) is 55.2 Å². The summed E-state index contributed by atoms with van der Waals surface area (Å²) < 4.78 is 32.8. The standard InChI is InChI=1S/C20H26F2N4O2.HI/c1-3-23-19(24-14-20(2,27)18-5-4-12-28-18)26-10-8-25(9-11-26)17-13-15(21)6-7-16(17)22;/h4-7,12-13,27H,3,8-11,14H2,1-2H3,(H,23,24);1H. The van der Waals surface area contributed by atoms with Crippen molar-refractivity contribution in [2.45, 2.75) is 19.4 Å². The third kappa shape index (κ3) is 5.81. The maximum absolute atomic E-state index is 14.0. The molecule has 0 spiro atoms. The SMILES string of the molecule is CCNC(=NCC(C)(O)c1ccco1)N1CCN(c2cc(F)ccc2F)CC1.I. The molecule has 160 valence electrons. The van der Waals surface area contributed by atoms with E-state index in [1.807, 2.05) is 11.8 Å². The molecule has 1 aromatic heterocycles. The number of halogens is 3. The first-order chi connectivity index (χ1) is 13.4. The Kier molecular flexibility index (Phi) is 8.26. The van der Waals surface area contributed by atoms with Gasteiger partial charge in [0.05, 0.1) is 18.5 Å². The van der Waals surface area contributed by atoms with Crippen LogP contribution in [0.5, 0.6) is 0 Å². The number of nitrogens with zero attached hydrogens (tertiary/aromatic N) is 3. The molecule has 1 saturated heterocycles. The van der Waals surface area contributed by atoms with E-state index < -0.39 is 17.2 Å². The summed E-state index contributed by atoms with van der Waals surface area (Å²) in [5.41, 5.74) is -0.932. The molecule has 2 N–H and O–H groups in total. The Labute approximate surface area is 186 Å². The van der Waals surface area contributed by atoms with Crippen molar-refractivity contribution in [1.29, 1.82) is 0 Å². The highest BCUT2D eigenvalue weighted by atomic mass is 127. The fourth-order valence-electron chi connectivity index (χ4n) is 3.20. The van der Waals surface area contributed by atoms with Gasteiger partial charge in [-0.2, -0.15) is 0 Å². The Morgan fingerprint density at radius 2 is 1.97 bits per heavy atom. The monoisotopic (exact) mass is 520 g/mol. The second kappa shape index (κ2) is 10.2. The van der Waals surface area contributed by atoms with Gasteiger partial charge in [-0.15, -0.1) is 24.0 Å². The molecule has 0 aliphatic carbocycles. The van der Waals surface area contributed by atoms with Crippen molar-refractivity contribution in [1.82, 2.24) is 10.2 Å². The zero-order chi connectivity index (χ0) is 20.1. The zero-order valence-electron chi connectivity index (χ0n) is 16.6. The number of nitrogens with one attached hydrogen (secondary N) is 1. The smallest absolute Gasteiger partial charge is 0.194 e. The molecule has 2 aromatic rings. The molecule has 0 saturated carbocycles. The van der Waals surface area contributed by atoms with E-state index in [1.165, 1.54) is 12.3 Å². The van der Waals surface area contributed by atoms with E-state index in [1.54, 1.807) is 19.1 Å². The molecule has 1 aliphatic heterocycles. The number of hydrogen-bond donors (Lipinski definition) is 2. The van der Waals surface area contributed by atoms with E-state index in [-0.39, 0.29) is 36.2 Å². The minimum Gasteiger partial charge on any atom is -0.466 e. The largest absolute Gasteiger partial charge is 0.466 e.